The van der Waals surface area contributed by atoms with E-state index in [0.29, 0.717) is 11.7 Å². The first-order valence-corrected chi connectivity index (χ1v) is 6.84. The van der Waals surface area contributed by atoms with Crippen molar-refractivity contribution in [2.75, 3.05) is 13.7 Å². The van der Waals surface area contributed by atoms with E-state index in [0.717, 1.165) is 6.54 Å². The molecule has 0 radical (unpaired) electrons. The molecule has 96 valence electrons. The maximum Gasteiger partial charge on any atom is 0.166 e. The fourth-order valence-electron chi connectivity index (χ4n) is 1.47. The van der Waals surface area contributed by atoms with Crippen LogP contribution in [-0.4, -0.2) is 24.9 Å². The summed E-state index contributed by atoms with van der Waals surface area (Å²) in [6.07, 6.45) is 0. The van der Waals surface area contributed by atoms with Crippen molar-refractivity contribution < 1.29 is 4.74 Å². The second kappa shape index (κ2) is 6.93. The molecule has 17 heavy (non-hydrogen) atoms. The average molecular weight is 272 g/mol. The molecule has 1 aromatic heterocycles. The zero-order valence-corrected chi connectivity index (χ0v) is 12.4. The molecule has 0 aliphatic rings. The van der Waals surface area contributed by atoms with Crippen molar-refractivity contribution in [3.63, 3.8) is 0 Å². The second-order valence-corrected chi connectivity index (χ2v) is 5.88. The van der Waals surface area contributed by atoms with Crippen LogP contribution in [0.1, 0.15) is 22.2 Å². The number of thiophene rings is 1. The first kappa shape index (κ1) is 14.4. The van der Waals surface area contributed by atoms with Crippen LogP contribution in [0.2, 0.25) is 0 Å². The number of hydrogen-bond donors (Lipinski definition) is 2. The number of methoxy groups -OCH3 is 1. The fraction of sp³-hybridized carbons (Fsp3) is 0.583. The Hall–Kier alpha value is -0.650. The molecule has 5 heteroatoms. The Kier molecular flexibility index (Phi) is 5.88. The molecule has 1 unspecified atom stereocenters. The van der Waals surface area contributed by atoms with Gasteiger partial charge in [0.25, 0.3) is 0 Å². The normalized spacial score (nSPS) is 12.2. The molecule has 3 nitrogen and oxygen atoms in total. The van der Waals surface area contributed by atoms with Crippen LogP contribution < -0.4 is 10.6 Å². The van der Waals surface area contributed by atoms with Crippen LogP contribution in [0.3, 0.4) is 0 Å². The summed E-state index contributed by atoms with van der Waals surface area (Å²) in [5.41, 5.74) is 1.35. The third-order valence-electron chi connectivity index (χ3n) is 2.43. The lowest BCUT2D eigenvalue weighted by Crippen LogP contribution is -2.41. The van der Waals surface area contributed by atoms with Crippen molar-refractivity contribution in [3.8, 4) is 0 Å². The van der Waals surface area contributed by atoms with Gasteiger partial charge in [-0.15, -0.1) is 11.3 Å². The average Bonchev–Trinajstić information content (AvgIpc) is 2.56. The molecule has 0 saturated carbocycles. The van der Waals surface area contributed by atoms with E-state index in [1.807, 2.05) is 18.3 Å². The van der Waals surface area contributed by atoms with E-state index in [1.54, 1.807) is 7.11 Å². The fourth-order valence-corrected chi connectivity index (χ4v) is 2.74. The molecular weight excluding hydrogens is 252 g/mol. The topological polar surface area (TPSA) is 33.3 Å². The lowest BCUT2D eigenvalue weighted by Gasteiger charge is -2.15. The molecule has 1 heterocycles. The Morgan fingerprint density at radius 3 is 2.76 bits per heavy atom. The van der Waals surface area contributed by atoms with E-state index in [2.05, 4.69) is 30.5 Å². The van der Waals surface area contributed by atoms with E-state index in [4.69, 9.17) is 17.0 Å². The molecule has 1 atom stereocenters. The molecule has 0 spiro atoms. The van der Waals surface area contributed by atoms with Gasteiger partial charge in [-0.25, -0.2) is 0 Å². The summed E-state index contributed by atoms with van der Waals surface area (Å²) in [4.78, 5) is 2.68. The van der Waals surface area contributed by atoms with Gasteiger partial charge < -0.3 is 15.4 Å². The minimum Gasteiger partial charge on any atom is -0.383 e. The lowest BCUT2D eigenvalue weighted by atomic mass is 10.3. The van der Waals surface area contributed by atoms with Crippen molar-refractivity contribution in [1.29, 1.82) is 0 Å². The molecule has 2 N–H and O–H groups in total. The number of rotatable bonds is 5. The Bertz CT molecular complexity index is 357. The SMILES string of the molecule is COCC(C)NC(=S)NCc1cc(C)c(C)s1. The highest BCUT2D eigenvalue weighted by Crippen LogP contribution is 2.20. The van der Waals surface area contributed by atoms with E-state index in [1.165, 1.54) is 15.3 Å². The predicted molar refractivity (Wildman–Crippen MR) is 77.7 cm³/mol. The second-order valence-electron chi connectivity index (χ2n) is 4.14. The molecule has 0 aromatic carbocycles. The van der Waals surface area contributed by atoms with Gasteiger partial charge in [-0.3, -0.25) is 0 Å². The largest absolute Gasteiger partial charge is 0.383 e. The molecular formula is C12H20N2OS2. The first-order chi connectivity index (χ1) is 8.02. The Labute approximate surface area is 113 Å². The van der Waals surface area contributed by atoms with Crippen LogP contribution in [0.15, 0.2) is 6.07 Å². The van der Waals surface area contributed by atoms with Crippen LogP contribution in [0.25, 0.3) is 0 Å². The first-order valence-electron chi connectivity index (χ1n) is 5.62. The van der Waals surface area contributed by atoms with Gasteiger partial charge in [0.05, 0.1) is 13.2 Å². The van der Waals surface area contributed by atoms with Crippen molar-refractivity contribution in [2.24, 2.45) is 0 Å². The maximum absolute atomic E-state index is 5.21. The van der Waals surface area contributed by atoms with Crippen LogP contribution >= 0.6 is 23.6 Å². The molecule has 0 aliphatic carbocycles. The molecule has 0 saturated heterocycles. The highest BCUT2D eigenvalue weighted by molar-refractivity contribution is 7.80. The van der Waals surface area contributed by atoms with Crippen molar-refractivity contribution in [2.45, 2.75) is 33.4 Å². The molecule has 0 bridgehead atoms. The lowest BCUT2D eigenvalue weighted by molar-refractivity contribution is 0.179. The van der Waals surface area contributed by atoms with Gasteiger partial charge in [0, 0.05) is 22.9 Å². The maximum atomic E-state index is 5.21. The van der Waals surface area contributed by atoms with E-state index >= 15 is 0 Å². The molecule has 1 rings (SSSR count). The van der Waals surface area contributed by atoms with Gasteiger partial charge in [0.1, 0.15) is 0 Å². The third kappa shape index (κ3) is 5.02. The van der Waals surface area contributed by atoms with Gasteiger partial charge in [-0.05, 0) is 44.6 Å². The van der Waals surface area contributed by atoms with E-state index in [9.17, 15) is 0 Å². The summed E-state index contributed by atoms with van der Waals surface area (Å²) in [5.74, 6) is 0. The van der Waals surface area contributed by atoms with Crippen molar-refractivity contribution in [1.82, 2.24) is 10.6 Å². The van der Waals surface area contributed by atoms with Gasteiger partial charge in [-0.2, -0.15) is 0 Å². The molecule has 1 aromatic rings. The minimum atomic E-state index is 0.229. The highest BCUT2D eigenvalue weighted by atomic mass is 32.1. The summed E-state index contributed by atoms with van der Waals surface area (Å²) in [6, 6.07) is 2.43. The number of ether oxygens (including phenoxy) is 1. The summed E-state index contributed by atoms with van der Waals surface area (Å²) in [6.45, 7) is 7.74. The van der Waals surface area contributed by atoms with Gasteiger partial charge >= 0.3 is 0 Å². The number of nitrogens with one attached hydrogen (secondary N) is 2. The standard InChI is InChI=1S/C12H20N2OS2/c1-8-5-11(17-10(8)3)6-13-12(16)14-9(2)7-15-4/h5,9H,6-7H2,1-4H3,(H2,13,14,16). The third-order valence-corrected chi connectivity index (χ3v) is 3.85. The van der Waals surface area contributed by atoms with Crippen LogP contribution in [0.5, 0.6) is 0 Å². The molecule has 0 fully saturated rings. The van der Waals surface area contributed by atoms with Crippen molar-refractivity contribution >= 4 is 28.7 Å². The predicted octanol–water partition coefficient (Wildman–Crippen LogP) is 2.36. The Balaban J connectivity index is 2.33. The summed E-state index contributed by atoms with van der Waals surface area (Å²) >= 11 is 7.02. The smallest absolute Gasteiger partial charge is 0.166 e. The zero-order chi connectivity index (χ0) is 12.8. The van der Waals surface area contributed by atoms with Gasteiger partial charge in [-0.1, -0.05) is 0 Å². The van der Waals surface area contributed by atoms with E-state index in [-0.39, 0.29) is 6.04 Å². The zero-order valence-electron chi connectivity index (χ0n) is 10.8. The quantitative estimate of drug-likeness (QED) is 0.806. The Morgan fingerprint density at radius 2 is 2.24 bits per heavy atom. The van der Waals surface area contributed by atoms with Crippen LogP contribution in [-0.2, 0) is 11.3 Å². The molecule has 0 amide bonds. The minimum absolute atomic E-state index is 0.229. The van der Waals surface area contributed by atoms with Crippen molar-refractivity contribution in [3.05, 3.63) is 21.4 Å². The highest BCUT2D eigenvalue weighted by Gasteiger charge is 2.05. The summed E-state index contributed by atoms with van der Waals surface area (Å²) in [7, 11) is 1.69. The molecule has 0 aliphatic heterocycles. The van der Waals surface area contributed by atoms with E-state index < -0.39 is 0 Å². The van der Waals surface area contributed by atoms with Gasteiger partial charge in [0.2, 0.25) is 0 Å². The Morgan fingerprint density at radius 1 is 1.53 bits per heavy atom. The number of hydrogen-bond acceptors (Lipinski definition) is 3. The summed E-state index contributed by atoms with van der Waals surface area (Å²) in [5, 5.41) is 7.06. The van der Waals surface area contributed by atoms with Crippen LogP contribution in [0, 0.1) is 13.8 Å². The van der Waals surface area contributed by atoms with Crippen LogP contribution in [0.4, 0.5) is 0 Å². The van der Waals surface area contributed by atoms with Gasteiger partial charge in [0.15, 0.2) is 5.11 Å². The monoisotopic (exact) mass is 272 g/mol. The number of aryl methyl sites for hydroxylation is 2. The summed E-state index contributed by atoms with van der Waals surface area (Å²) < 4.78 is 5.04. The number of thiocarbonyl (C=S) groups is 1.